The molecule has 0 N–H and O–H groups in total. The average Bonchev–Trinajstić information content (AvgIpc) is 2.71. The number of oxazole rings is 1. The standard InChI is InChI=1S/C12H12N2O5/c1-4-18-12(15)8-5-9(14(16)17)6(2)10-11(8)19-7(3)13-10/h5H,4H2,1-3H3. The maximum atomic E-state index is 11.8. The molecule has 2 aromatic rings. The van der Waals surface area contributed by atoms with Crippen LogP contribution in [0.4, 0.5) is 5.69 Å². The topological polar surface area (TPSA) is 95.5 Å². The number of hydrogen-bond donors (Lipinski definition) is 0. The average molecular weight is 264 g/mol. The Balaban J connectivity index is 2.78. The van der Waals surface area contributed by atoms with Gasteiger partial charge in [-0.1, -0.05) is 0 Å². The van der Waals surface area contributed by atoms with Crippen molar-refractivity contribution in [2.45, 2.75) is 20.8 Å². The second-order valence-electron chi connectivity index (χ2n) is 3.96. The van der Waals surface area contributed by atoms with Gasteiger partial charge in [0, 0.05) is 13.0 Å². The highest BCUT2D eigenvalue weighted by molar-refractivity contribution is 6.03. The van der Waals surface area contributed by atoms with E-state index in [0.717, 1.165) is 0 Å². The molecule has 0 radical (unpaired) electrons. The van der Waals surface area contributed by atoms with Gasteiger partial charge >= 0.3 is 5.97 Å². The lowest BCUT2D eigenvalue weighted by molar-refractivity contribution is -0.385. The first-order chi connectivity index (χ1) is 8.95. The molecule has 1 heterocycles. The van der Waals surface area contributed by atoms with Gasteiger partial charge in [0.15, 0.2) is 11.5 Å². The Morgan fingerprint density at radius 2 is 2.21 bits per heavy atom. The van der Waals surface area contributed by atoms with Gasteiger partial charge in [-0.15, -0.1) is 0 Å². The number of aromatic nitrogens is 1. The normalized spacial score (nSPS) is 10.7. The van der Waals surface area contributed by atoms with Gasteiger partial charge in [0.1, 0.15) is 11.1 Å². The Labute approximate surface area is 108 Å². The summed E-state index contributed by atoms with van der Waals surface area (Å²) in [6.45, 7) is 5.01. The molecule has 1 aromatic heterocycles. The van der Waals surface area contributed by atoms with Crippen molar-refractivity contribution in [3.63, 3.8) is 0 Å². The van der Waals surface area contributed by atoms with Crippen LogP contribution in [0.2, 0.25) is 0 Å². The van der Waals surface area contributed by atoms with Crippen LogP contribution in [0.3, 0.4) is 0 Å². The Bertz CT molecular complexity index is 674. The fraction of sp³-hybridized carbons (Fsp3) is 0.333. The first-order valence-corrected chi connectivity index (χ1v) is 5.68. The zero-order chi connectivity index (χ0) is 14.2. The van der Waals surface area contributed by atoms with E-state index in [1.165, 1.54) is 6.07 Å². The van der Waals surface area contributed by atoms with E-state index < -0.39 is 10.9 Å². The molecule has 0 atom stereocenters. The Kier molecular flexibility index (Phi) is 3.20. The van der Waals surface area contributed by atoms with Crippen LogP contribution in [0.15, 0.2) is 10.5 Å². The SMILES string of the molecule is CCOC(=O)c1cc([N+](=O)[O-])c(C)c2nc(C)oc12. The summed E-state index contributed by atoms with van der Waals surface area (Å²) in [5.41, 5.74) is 0.748. The number of rotatable bonds is 3. The van der Waals surface area contributed by atoms with Crippen molar-refractivity contribution in [2.75, 3.05) is 6.61 Å². The number of carbonyl (C=O) groups is 1. The molecule has 7 heteroatoms. The second-order valence-corrected chi connectivity index (χ2v) is 3.96. The molecule has 0 aliphatic rings. The number of fused-ring (bicyclic) bond motifs is 1. The van der Waals surface area contributed by atoms with Crippen molar-refractivity contribution in [1.82, 2.24) is 4.98 Å². The maximum Gasteiger partial charge on any atom is 0.342 e. The van der Waals surface area contributed by atoms with E-state index in [9.17, 15) is 14.9 Å². The molecule has 0 unspecified atom stereocenters. The van der Waals surface area contributed by atoms with Gasteiger partial charge < -0.3 is 9.15 Å². The monoisotopic (exact) mass is 264 g/mol. The lowest BCUT2D eigenvalue weighted by atomic mass is 10.1. The van der Waals surface area contributed by atoms with E-state index in [-0.39, 0.29) is 23.4 Å². The third-order valence-electron chi connectivity index (χ3n) is 2.69. The van der Waals surface area contributed by atoms with Crippen LogP contribution in [0.1, 0.15) is 28.7 Å². The van der Waals surface area contributed by atoms with Crippen LogP contribution in [0, 0.1) is 24.0 Å². The minimum Gasteiger partial charge on any atom is -0.462 e. The number of nitro benzene ring substituents is 1. The number of ether oxygens (including phenoxy) is 1. The van der Waals surface area contributed by atoms with Crippen molar-refractivity contribution in [1.29, 1.82) is 0 Å². The van der Waals surface area contributed by atoms with Gasteiger partial charge in [-0.3, -0.25) is 10.1 Å². The fourth-order valence-electron chi connectivity index (χ4n) is 1.85. The van der Waals surface area contributed by atoms with Crippen molar-refractivity contribution in [2.24, 2.45) is 0 Å². The van der Waals surface area contributed by atoms with Crippen LogP contribution in [-0.4, -0.2) is 22.5 Å². The molecular formula is C12H12N2O5. The molecule has 0 aliphatic heterocycles. The molecule has 0 bridgehead atoms. The number of aryl methyl sites for hydroxylation is 2. The molecular weight excluding hydrogens is 252 g/mol. The molecule has 19 heavy (non-hydrogen) atoms. The molecule has 0 saturated heterocycles. The highest BCUT2D eigenvalue weighted by atomic mass is 16.6. The first-order valence-electron chi connectivity index (χ1n) is 5.68. The Hall–Kier alpha value is -2.44. The predicted octanol–water partition coefficient (Wildman–Crippen LogP) is 2.53. The minimum atomic E-state index is -0.660. The van der Waals surface area contributed by atoms with Crippen molar-refractivity contribution in [3.05, 3.63) is 33.2 Å². The molecule has 1 aromatic carbocycles. The zero-order valence-electron chi connectivity index (χ0n) is 10.7. The van der Waals surface area contributed by atoms with E-state index in [2.05, 4.69) is 4.98 Å². The summed E-state index contributed by atoms with van der Waals surface area (Å²) in [7, 11) is 0. The molecule has 0 fully saturated rings. The number of benzene rings is 1. The molecule has 0 aliphatic carbocycles. The van der Waals surface area contributed by atoms with Gasteiger partial charge in [0.25, 0.3) is 5.69 Å². The quantitative estimate of drug-likeness (QED) is 0.480. The van der Waals surface area contributed by atoms with Crippen LogP contribution < -0.4 is 0 Å². The van der Waals surface area contributed by atoms with Gasteiger partial charge in [0.2, 0.25) is 0 Å². The smallest absolute Gasteiger partial charge is 0.342 e. The minimum absolute atomic E-state index is 0.0229. The highest BCUT2D eigenvalue weighted by Gasteiger charge is 2.25. The summed E-state index contributed by atoms with van der Waals surface area (Å²) in [4.78, 5) is 26.3. The maximum absolute atomic E-state index is 11.8. The summed E-state index contributed by atoms with van der Waals surface area (Å²) in [6, 6.07) is 1.17. The largest absolute Gasteiger partial charge is 0.462 e. The third kappa shape index (κ3) is 2.14. The van der Waals surface area contributed by atoms with E-state index in [1.807, 2.05) is 0 Å². The van der Waals surface area contributed by atoms with Crippen LogP contribution in [0.5, 0.6) is 0 Å². The van der Waals surface area contributed by atoms with Crippen molar-refractivity contribution < 1.29 is 18.9 Å². The number of carbonyl (C=O) groups excluding carboxylic acids is 1. The number of nitrogens with zero attached hydrogens (tertiary/aromatic N) is 2. The van der Waals surface area contributed by atoms with Gasteiger partial charge in [-0.25, -0.2) is 9.78 Å². The molecule has 7 nitrogen and oxygen atoms in total. The van der Waals surface area contributed by atoms with Gasteiger partial charge in [-0.05, 0) is 13.8 Å². The predicted molar refractivity (Wildman–Crippen MR) is 66.1 cm³/mol. The summed E-state index contributed by atoms with van der Waals surface area (Å²) < 4.78 is 10.2. The summed E-state index contributed by atoms with van der Waals surface area (Å²) in [5.74, 6) is -0.323. The van der Waals surface area contributed by atoms with E-state index in [0.29, 0.717) is 17.0 Å². The van der Waals surface area contributed by atoms with Crippen molar-refractivity contribution >= 4 is 22.8 Å². The van der Waals surface area contributed by atoms with Gasteiger partial charge in [-0.2, -0.15) is 0 Å². The fourth-order valence-corrected chi connectivity index (χ4v) is 1.85. The first kappa shape index (κ1) is 13.0. The highest BCUT2D eigenvalue weighted by Crippen LogP contribution is 2.31. The molecule has 100 valence electrons. The summed E-state index contributed by atoms with van der Waals surface area (Å²) in [5, 5.41) is 11.0. The van der Waals surface area contributed by atoms with E-state index in [1.54, 1.807) is 20.8 Å². The Morgan fingerprint density at radius 3 is 2.79 bits per heavy atom. The van der Waals surface area contributed by atoms with Crippen LogP contribution in [-0.2, 0) is 4.74 Å². The molecule has 0 spiro atoms. The molecule has 0 amide bonds. The third-order valence-corrected chi connectivity index (χ3v) is 2.69. The summed E-state index contributed by atoms with van der Waals surface area (Å²) in [6.07, 6.45) is 0. The van der Waals surface area contributed by atoms with E-state index >= 15 is 0 Å². The number of esters is 1. The van der Waals surface area contributed by atoms with E-state index in [4.69, 9.17) is 9.15 Å². The van der Waals surface area contributed by atoms with Gasteiger partial charge in [0.05, 0.1) is 17.1 Å². The van der Waals surface area contributed by atoms with Crippen molar-refractivity contribution in [3.8, 4) is 0 Å². The lowest BCUT2D eigenvalue weighted by Gasteiger charge is -2.04. The number of hydrogen-bond acceptors (Lipinski definition) is 6. The Morgan fingerprint density at radius 1 is 1.53 bits per heavy atom. The zero-order valence-corrected chi connectivity index (χ0v) is 10.7. The summed E-state index contributed by atoms with van der Waals surface area (Å²) >= 11 is 0. The molecule has 2 rings (SSSR count). The molecule has 0 saturated carbocycles. The van der Waals surface area contributed by atoms with Crippen LogP contribution in [0.25, 0.3) is 11.1 Å². The van der Waals surface area contributed by atoms with Crippen LogP contribution >= 0.6 is 0 Å². The lowest BCUT2D eigenvalue weighted by Crippen LogP contribution is -2.06. The second kappa shape index (κ2) is 4.68. The number of nitro groups is 1.